The fourth-order valence-electron chi connectivity index (χ4n) is 1.38. The Morgan fingerprint density at radius 2 is 2.22 bits per heavy atom. The van der Waals surface area contributed by atoms with E-state index >= 15 is 0 Å². The number of para-hydroxylation sites is 1. The van der Waals surface area contributed by atoms with Crippen LogP contribution in [0.5, 0.6) is 5.75 Å². The van der Waals surface area contributed by atoms with Crippen molar-refractivity contribution in [3.8, 4) is 5.75 Å². The summed E-state index contributed by atoms with van der Waals surface area (Å²) in [6.07, 6.45) is 2.56. The van der Waals surface area contributed by atoms with E-state index in [0.29, 0.717) is 23.9 Å². The van der Waals surface area contributed by atoms with E-state index in [1.165, 1.54) is 17.1 Å². The summed E-state index contributed by atoms with van der Waals surface area (Å²) >= 11 is 5.91. The van der Waals surface area contributed by atoms with Gasteiger partial charge in [0.05, 0.1) is 16.5 Å². The third-order valence-electron chi connectivity index (χ3n) is 2.25. The first-order chi connectivity index (χ1) is 8.66. The number of halogens is 1. The highest BCUT2D eigenvalue weighted by Gasteiger charge is 2.08. The molecule has 0 aliphatic rings. The van der Waals surface area contributed by atoms with Crippen molar-refractivity contribution >= 4 is 17.3 Å². The highest BCUT2D eigenvalue weighted by Crippen LogP contribution is 2.22. The zero-order valence-electron chi connectivity index (χ0n) is 9.32. The van der Waals surface area contributed by atoms with Crippen molar-refractivity contribution in [1.29, 1.82) is 0 Å². The van der Waals surface area contributed by atoms with Gasteiger partial charge in [-0.1, -0.05) is 23.7 Å². The smallest absolute Gasteiger partial charge is 0.306 e. The van der Waals surface area contributed by atoms with Gasteiger partial charge in [0, 0.05) is 0 Å². The minimum Gasteiger partial charge on any atom is -0.490 e. The molecule has 94 valence electrons. The minimum atomic E-state index is -0.488. The zero-order chi connectivity index (χ0) is 13.0. The van der Waals surface area contributed by atoms with Crippen LogP contribution >= 0.6 is 11.6 Å². The van der Waals surface area contributed by atoms with Crippen molar-refractivity contribution in [3.63, 3.8) is 0 Å². The van der Waals surface area contributed by atoms with Crippen LogP contribution in [0.3, 0.4) is 0 Å². The largest absolute Gasteiger partial charge is 0.490 e. The fourth-order valence-corrected chi connectivity index (χ4v) is 1.57. The van der Waals surface area contributed by atoms with Crippen LogP contribution in [0.25, 0.3) is 0 Å². The van der Waals surface area contributed by atoms with E-state index in [9.17, 15) is 10.1 Å². The van der Waals surface area contributed by atoms with Gasteiger partial charge in [0.25, 0.3) is 0 Å². The van der Waals surface area contributed by atoms with Gasteiger partial charge < -0.3 is 4.74 Å². The fraction of sp³-hybridized carbons (Fsp3) is 0.182. The van der Waals surface area contributed by atoms with Gasteiger partial charge in [-0.2, -0.15) is 5.10 Å². The Morgan fingerprint density at radius 1 is 1.44 bits per heavy atom. The molecule has 0 bridgehead atoms. The molecule has 0 aliphatic heterocycles. The van der Waals surface area contributed by atoms with Crippen LogP contribution < -0.4 is 4.74 Å². The van der Waals surface area contributed by atoms with Crippen LogP contribution in [0.1, 0.15) is 0 Å². The van der Waals surface area contributed by atoms with Crippen LogP contribution in [0, 0.1) is 10.1 Å². The maximum absolute atomic E-state index is 10.5. The summed E-state index contributed by atoms with van der Waals surface area (Å²) in [5, 5.41) is 14.8. The first-order valence-electron chi connectivity index (χ1n) is 5.21. The average Bonchev–Trinajstić information content (AvgIpc) is 2.80. The molecule has 2 rings (SSSR count). The predicted molar refractivity (Wildman–Crippen MR) is 65.8 cm³/mol. The molecule has 1 heterocycles. The second-order valence-corrected chi connectivity index (χ2v) is 3.90. The Hall–Kier alpha value is -2.08. The Morgan fingerprint density at radius 3 is 2.89 bits per heavy atom. The van der Waals surface area contributed by atoms with Crippen molar-refractivity contribution < 1.29 is 9.66 Å². The minimum absolute atomic E-state index is 0.0345. The number of ether oxygens (including phenoxy) is 1. The molecular weight excluding hydrogens is 258 g/mol. The Balaban J connectivity index is 1.88. The van der Waals surface area contributed by atoms with E-state index in [2.05, 4.69) is 5.10 Å². The average molecular weight is 268 g/mol. The Kier molecular flexibility index (Phi) is 3.78. The maximum atomic E-state index is 10.5. The molecule has 18 heavy (non-hydrogen) atoms. The molecule has 0 radical (unpaired) electrons. The summed E-state index contributed by atoms with van der Waals surface area (Å²) < 4.78 is 6.90. The monoisotopic (exact) mass is 267 g/mol. The summed E-state index contributed by atoms with van der Waals surface area (Å²) in [4.78, 5) is 9.97. The molecule has 1 aromatic heterocycles. The van der Waals surface area contributed by atoms with Crippen molar-refractivity contribution in [2.45, 2.75) is 6.54 Å². The van der Waals surface area contributed by atoms with Crippen LogP contribution in [-0.4, -0.2) is 21.3 Å². The molecule has 0 atom stereocenters. The van der Waals surface area contributed by atoms with Gasteiger partial charge in [0.1, 0.15) is 24.8 Å². The molecule has 0 N–H and O–H groups in total. The highest BCUT2D eigenvalue weighted by atomic mass is 35.5. The molecule has 0 saturated carbocycles. The van der Waals surface area contributed by atoms with Crippen LogP contribution in [0.2, 0.25) is 5.02 Å². The van der Waals surface area contributed by atoms with Gasteiger partial charge >= 0.3 is 5.69 Å². The molecule has 0 spiro atoms. The first-order valence-corrected chi connectivity index (χ1v) is 5.59. The SMILES string of the molecule is O=[N+]([O-])c1cnn(CCOc2ccccc2Cl)c1. The van der Waals surface area contributed by atoms with Crippen LogP contribution in [0.4, 0.5) is 5.69 Å². The van der Waals surface area contributed by atoms with Crippen molar-refractivity contribution in [2.75, 3.05) is 6.61 Å². The summed E-state index contributed by atoms with van der Waals surface area (Å²) in [5.74, 6) is 0.584. The van der Waals surface area contributed by atoms with E-state index in [1.54, 1.807) is 12.1 Å². The molecule has 1 aromatic carbocycles. The van der Waals surface area contributed by atoms with Gasteiger partial charge in [0.2, 0.25) is 0 Å². The van der Waals surface area contributed by atoms with Gasteiger partial charge in [-0.15, -0.1) is 0 Å². The molecule has 0 amide bonds. The lowest BCUT2D eigenvalue weighted by Gasteiger charge is -2.07. The first kappa shape index (κ1) is 12.4. The number of aromatic nitrogens is 2. The summed E-state index contributed by atoms with van der Waals surface area (Å²) in [6, 6.07) is 7.12. The quantitative estimate of drug-likeness (QED) is 0.616. The lowest BCUT2D eigenvalue weighted by Crippen LogP contribution is -2.08. The van der Waals surface area contributed by atoms with Crippen molar-refractivity contribution in [1.82, 2.24) is 9.78 Å². The van der Waals surface area contributed by atoms with Crippen LogP contribution in [0.15, 0.2) is 36.7 Å². The van der Waals surface area contributed by atoms with Crippen molar-refractivity contribution in [3.05, 3.63) is 51.8 Å². The van der Waals surface area contributed by atoms with E-state index in [1.807, 2.05) is 12.1 Å². The number of hydrogen-bond donors (Lipinski definition) is 0. The second-order valence-electron chi connectivity index (χ2n) is 3.50. The highest BCUT2D eigenvalue weighted by molar-refractivity contribution is 6.32. The maximum Gasteiger partial charge on any atom is 0.306 e. The third-order valence-corrected chi connectivity index (χ3v) is 2.56. The van der Waals surface area contributed by atoms with Crippen LogP contribution in [-0.2, 0) is 6.54 Å². The summed E-state index contributed by atoms with van der Waals surface area (Å²) in [6.45, 7) is 0.752. The second kappa shape index (κ2) is 5.50. The summed E-state index contributed by atoms with van der Waals surface area (Å²) in [7, 11) is 0. The van der Waals surface area contributed by atoms with Gasteiger partial charge in [-0.3, -0.25) is 14.8 Å². The van der Waals surface area contributed by atoms with E-state index < -0.39 is 4.92 Å². The molecule has 6 nitrogen and oxygen atoms in total. The third kappa shape index (κ3) is 2.98. The number of nitrogens with zero attached hydrogens (tertiary/aromatic N) is 3. The van der Waals surface area contributed by atoms with Gasteiger partial charge in [-0.05, 0) is 12.1 Å². The number of nitro groups is 1. The number of benzene rings is 1. The topological polar surface area (TPSA) is 70.2 Å². The molecule has 0 saturated heterocycles. The van der Waals surface area contributed by atoms with E-state index in [0.717, 1.165) is 0 Å². The van der Waals surface area contributed by atoms with Crippen molar-refractivity contribution in [2.24, 2.45) is 0 Å². The van der Waals surface area contributed by atoms with Gasteiger partial charge in [-0.25, -0.2) is 0 Å². The number of hydrogen-bond acceptors (Lipinski definition) is 4. The molecule has 2 aromatic rings. The molecular formula is C11H10ClN3O3. The lowest BCUT2D eigenvalue weighted by molar-refractivity contribution is -0.385. The van der Waals surface area contributed by atoms with Gasteiger partial charge in [0.15, 0.2) is 0 Å². The predicted octanol–water partition coefficient (Wildman–Crippen LogP) is 2.52. The molecule has 0 aliphatic carbocycles. The molecule has 0 fully saturated rings. The molecule has 7 heteroatoms. The molecule has 0 unspecified atom stereocenters. The normalized spacial score (nSPS) is 10.3. The number of rotatable bonds is 5. The van der Waals surface area contributed by atoms with E-state index in [4.69, 9.17) is 16.3 Å². The Labute approximate surface area is 108 Å². The summed E-state index contributed by atoms with van der Waals surface area (Å²) in [5.41, 5.74) is -0.0345. The Bertz CT molecular complexity index is 556. The van der Waals surface area contributed by atoms with E-state index in [-0.39, 0.29) is 5.69 Å². The lowest BCUT2D eigenvalue weighted by atomic mass is 10.3. The standard InChI is InChI=1S/C11H10ClN3O3/c12-10-3-1-2-4-11(10)18-6-5-14-8-9(7-13-14)15(16)17/h1-4,7-8H,5-6H2. The zero-order valence-corrected chi connectivity index (χ0v) is 10.1.